The number of carbonyl (C=O) groups excluding carboxylic acids is 2. The second kappa shape index (κ2) is 13.0. The molecular weight excluding hydrogens is 556 g/mol. The number of anilines is 1. The number of sulfonamides is 1. The summed E-state index contributed by atoms with van der Waals surface area (Å²) in [5.41, 5.74) is 0.942. The van der Waals surface area contributed by atoms with Gasteiger partial charge in [0.15, 0.2) is 0 Å². The molecule has 35 heavy (non-hydrogen) atoms. The third-order valence-corrected chi connectivity index (χ3v) is 7.77. The van der Waals surface area contributed by atoms with Crippen molar-refractivity contribution in [1.82, 2.24) is 10.2 Å². The molecule has 7 nitrogen and oxygen atoms in total. The van der Waals surface area contributed by atoms with E-state index in [4.69, 9.17) is 46.4 Å². The van der Waals surface area contributed by atoms with Crippen molar-refractivity contribution in [3.05, 3.63) is 62.1 Å². The minimum Gasteiger partial charge on any atom is -0.357 e. The topological polar surface area (TPSA) is 86.8 Å². The summed E-state index contributed by atoms with van der Waals surface area (Å²) < 4.78 is 26.0. The molecule has 0 saturated carbocycles. The molecule has 0 saturated heterocycles. The third kappa shape index (κ3) is 8.15. The van der Waals surface area contributed by atoms with E-state index in [9.17, 15) is 18.0 Å². The Morgan fingerprint density at radius 1 is 1.00 bits per heavy atom. The molecule has 0 heterocycles. The first-order valence-electron chi connectivity index (χ1n) is 10.8. The molecule has 1 N–H and O–H groups in total. The SMILES string of the molecule is CC[C@H](C(=O)NC)N(Cc1ccc(Cl)c(Cl)c1)C(=O)CCCN(c1cc(Cl)ccc1Cl)S(C)(=O)=O. The molecule has 2 amide bonds. The molecule has 12 heteroatoms. The van der Waals surface area contributed by atoms with E-state index in [0.29, 0.717) is 27.1 Å². The first-order chi connectivity index (χ1) is 16.4. The molecule has 2 aromatic carbocycles. The maximum absolute atomic E-state index is 13.3. The minimum atomic E-state index is -3.70. The van der Waals surface area contributed by atoms with E-state index in [-0.39, 0.29) is 48.5 Å². The predicted molar refractivity (Wildman–Crippen MR) is 143 cm³/mol. The fourth-order valence-corrected chi connectivity index (χ4v) is 5.31. The highest BCUT2D eigenvalue weighted by Gasteiger charge is 2.28. The lowest BCUT2D eigenvalue weighted by molar-refractivity contribution is -0.141. The number of halogens is 4. The maximum Gasteiger partial charge on any atom is 0.242 e. The quantitative estimate of drug-likeness (QED) is 0.384. The van der Waals surface area contributed by atoms with E-state index >= 15 is 0 Å². The Morgan fingerprint density at radius 3 is 2.23 bits per heavy atom. The van der Waals surface area contributed by atoms with Gasteiger partial charge in [-0.05, 0) is 48.7 Å². The highest BCUT2D eigenvalue weighted by atomic mass is 35.5. The molecule has 0 radical (unpaired) electrons. The summed E-state index contributed by atoms with van der Waals surface area (Å²) in [6.07, 6.45) is 1.64. The molecule has 0 unspecified atom stereocenters. The van der Waals surface area contributed by atoms with Crippen molar-refractivity contribution in [2.45, 2.75) is 38.8 Å². The van der Waals surface area contributed by atoms with Gasteiger partial charge in [0.2, 0.25) is 21.8 Å². The van der Waals surface area contributed by atoms with Crippen LogP contribution < -0.4 is 9.62 Å². The van der Waals surface area contributed by atoms with E-state index in [1.807, 2.05) is 6.92 Å². The number of hydrogen-bond acceptors (Lipinski definition) is 4. The first-order valence-corrected chi connectivity index (χ1v) is 14.1. The van der Waals surface area contributed by atoms with Gasteiger partial charge in [-0.3, -0.25) is 13.9 Å². The number of rotatable bonds is 11. The van der Waals surface area contributed by atoms with E-state index < -0.39 is 16.1 Å². The van der Waals surface area contributed by atoms with Crippen LogP contribution in [0, 0.1) is 0 Å². The number of hydrogen-bond donors (Lipinski definition) is 1. The Labute approximate surface area is 226 Å². The smallest absolute Gasteiger partial charge is 0.242 e. The summed E-state index contributed by atoms with van der Waals surface area (Å²) in [5.74, 6) is -0.610. The lowest BCUT2D eigenvalue weighted by Crippen LogP contribution is -2.48. The van der Waals surface area contributed by atoms with Crippen LogP contribution in [-0.2, 0) is 26.2 Å². The zero-order valence-corrected chi connectivity index (χ0v) is 23.4. The second-order valence-electron chi connectivity index (χ2n) is 7.84. The number of likely N-dealkylation sites (N-methyl/N-ethyl adjacent to an activating group) is 1. The molecule has 0 aliphatic carbocycles. The third-order valence-electron chi connectivity index (χ3n) is 5.30. The lowest BCUT2D eigenvalue weighted by Gasteiger charge is -2.31. The van der Waals surface area contributed by atoms with Crippen LogP contribution in [0.25, 0.3) is 0 Å². The van der Waals surface area contributed by atoms with Crippen molar-refractivity contribution < 1.29 is 18.0 Å². The van der Waals surface area contributed by atoms with Crippen LogP contribution in [0.4, 0.5) is 5.69 Å². The fourth-order valence-electron chi connectivity index (χ4n) is 3.58. The largest absolute Gasteiger partial charge is 0.357 e. The molecule has 0 fully saturated rings. The monoisotopic (exact) mass is 581 g/mol. The number of carbonyl (C=O) groups is 2. The molecule has 2 rings (SSSR count). The van der Waals surface area contributed by atoms with Gasteiger partial charge in [-0.2, -0.15) is 0 Å². The second-order valence-corrected chi connectivity index (χ2v) is 11.4. The van der Waals surface area contributed by atoms with Crippen LogP contribution in [0.5, 0.6) is 0 Å². The van der Waals surface area contributed by atoms with E-state index in [0.717, 1.165) is 10.6 Å². The summed E-state index contributed by atoms with van der Waals surface area (Å²) in [5, 5.41) is 3.86. The van der Waals surface area contributed by atoms with E-state index in [1.165, 1.54) is 24.1 Å². The van der Waals surface area contributed by atoms with Gasteiger partial charge in [0.1, 0.15) is 6.04 Å². The summed E-state index contributed by atoms with van der Waals surface area (Å²) in [4.78, 5) is 27.2. The van der Waals surface area contributed by atoms with Crippen molar-refractivity contribution >= 4 is 73.9 Å². The van der Waals surface area contributed by atoms with Gasteiger partial charge in [0, 0.05) is 31.6 Å². The molecule has 0 aliphatic rings. The molecule has 0 aliphatic heterocycles. The van der Waals surface area contributed by atoms with E-state index in [1.54, 1.807) is 24.3 Å². The molecule has 1 atom stereocenters. The Balaban J connectivity index is 2.24. The molecule has 2 aromatic rings. The Bertz CT molecular complexity index is 1180. The molecule has 0 spiro atoms. The van der Waals surface area contributed by atoms with E-state index in [2.05, 4.69) is 5.32 Å². The van der Waals surface area contributed by atoms with Gasteiger partial charge in [0.05, 0.1) is 27.0 Å². The highest BCUT2D eigenvalue weighted by molar-refractivity contribution is 7.92. The lowest BCUT2D eigenvalue weighted by atomic mass is 10.1. The van der Waals surface area contributed by atoms with Crippen LogP contribution in [0.3, 0.4) is 0 Å². The zero-order chi connectivity index (χ0) is 26.3. The summed E-state index contributed by atoms with van der Waals surface area (Å²) in [6, 6.07) is 8.82. The van der Waals surface area contributed by atoms with Crippen molar-refractivity contribution in [3.8, 4) is 0 Å². The van der Waals surface area contributed by atoms with Gasteiger partial charge in [-0.25, -0.2) is 8.42 Å². The summed E-state index contributed by atoms with van der Waals surface area (Å²) in [7, 11) is -2.19. The van der Waals surface area contributed by atoms with Gasteiger partial charge in [0.25, 0.3) is 0 Å². The van der Waals surface area contributed by atoms with Crippen molar-refractivity contribution in [3.63, 3.8) is 0 Å². The Hall–Kier alpha value is -1.71. The first kappa shape index (κ1) is 29.5. The standard InChI is InChI=1S/C23H27Cl4N3O4S/c1-4-20(23(32)28-2)29(14-15-7-9-17(25)19(27)12-15)22(31)6-5-11-30(35(3,33)34)21-13-16(24)8-10-18(21)26/h7-10,12-13,20H,4-6,11,14H2,1-3H3,(H,28,32)/t20-/m1/s1. The van der Waals surface area contributed by atoms with Crippen LogP contribution in [0.15, 0.2) is 36.4 Å². The van der Waals surface area contributed by atoms with Crippen molar-refractivity contribution in [1.29, 1.82) is 0 Å². The van der Waals surface area contributed by atoms with Crippen LogP contribution >= 0.6 is 46.4 Å². The maximum atomic E-state index is 13.3. The number of nitrogens with zero attached hydrogens (tertiary/aromatic N) is 2. The van der Waals surface area contributed by atoms with Gasteiger partial charge in [-0.15, -0.1) is 0 Å². The molecule has 0 bridgehead atoms. The molecule has 192 valence electrons. The summed E-state index contributed by atoms with van der Waals surface area (Å²) in [6.45, 7) is 1.95. The van der Waals surface area contributed by atoms with Crippen LogP contribution in [0.1, 0.15) is 31.7 Å². The Kier molecular flexibility index (Phi) is 11.0. The average Bonchev–Trinajstić information content (AvgIpc) is 2.79. The zero-order valence-electron chi connectivity index (χ0n) is 19.5. The fraction of sp³-hybridized carbons (Fsp3) is 0.391. The highest BCUT2D eigenvalue weighted by Crippen LogP contribution is 2.31. The predicted octanol–water partition coefficient (Wildman–Crippen LogP) is 5.40. The Morgan fingerprint density at radius 2 is 1.66 bits per heavy atom. The van der Waals surface area contributed by atoms with Crippen molar-refractivity contribution in [2.24, 2.45) is 0 Å². The molecule has 0 aromatic heterocycles. The van der Waals surface area contributed by atoms with Gasteiger partial charge < -0.3 is 10.2 Å². The van der Waals surface area contributed by atoms with Crippen molar-refractivity contribution in [2.75, 3.05) is 24.2 Å². The minimum absolute atomic E-state index is 0.000971. The van der Waals surface area contributed by atoms with Gasteiger partial charge in [-0.1, -0.05) is 59.4 Å². The number of benzene rings is 2. The van der Waals surface area contributed by atoms with Crippen LogP contribution in [0.2, 0.25) is 20.1 Å². The summed E-state index contributed by atoms with van der Waals surface area (Å²) >= 11 is 24.4. The average molecular weight is 583 g/mol. The van der Waals surface area contributed by atoms with Crippen LogP contribution in [-0.4, -0.2) is 51.0 Å². The molecular formula is C23H27Cl4N3O4S. The normalized spacial score (nSPS) is 12.2. The number of nitrogens with one attached hydrogen (secondary N) is 1. The van der Waals surface area contributed by atoms with Gasteiger partial charge >= 0.3 is 0 Å². The number of amides is 2.